The lowest BCUT2D eigenvalue weighted by atomic mass is 9.73. The molecule has 3 rings (SSSR count). The van der Waals surface area contributed by atoms with Gasteiger partial charge < -0.3 is 15.5 Å². The highest BCUT2D eigenvalue weighted by Gasteiger charge is 2.33. The van der Waals surface area contributed by atoms with Gasteiger partial charge in [-0.05, 0) is 31.1 Å². The summed E-state index contributed by atoms with van der Waals surface area (Å²) in [6, 6.07) is 0.255. The van der Waals surface area contributed by atoms with Crippen LogP contribution in [0.4, 0.5) is 4.79 Å². The fourth-order valence-corrected chi connectivity index (χ4v) is 3.95. The van der Waals surface area contributed by atoms with E-state index in [-0.39, 0.29) is 29.4 Å². The van der Waals surface area contributed by atoms with Crippen LogP contribution in [0.15, 0.2) is 18.6 Å². The third kappa shape index (κ3) is 4.51. The van der Waals surface area contributed by atoms with E-state index < -0.39 is 0 Å². The molecule has 1 aliphatic heterocycles. The molecule has 3 amide bonds. The second-order valence-corrected chi connectivity index (χ2v) is 8.06. The highest BCUT2D eigenvalue weighted by molar-refractivity contribution is 5.92. The van der Waals surface area contributed by atoms with E-state index in [0.29, 0.717) is 18.8 Å². The Hall–Kier alpha value is -2.18. The van der Waals surface area contributed by atoms with Crippen molar-refractivity contribution in [1.82, 2.24) is 25.5 Å². The lowest BCUT2D eigenvalue weighted by Crippen LogP contribution is -2.54. The van der Waals surface area contributed by atoms with Crippen LogP contribution in [0.1, 0.15) is 62.9 Å². The van der Waals surface area contributed by atoms with Gasteiger partial charge >= 0.3 is 6.03 Å². The molecule has 142 valence electrons. The van der Waals surface area contributed by atoms with E-state index in [1.165, 1.54) is 25.2 Å². The number of hydrogen-bond donors (Lipinski definition) is 2. The molecular formula is C19H29N5O2. The second-order valence-electron chi connectivity index (χ2n) is 8.06. The van der Waals surface area contributed by atoms with E-state index in [1.807, 2.05) is 0 Å². The molecule has 1 saturated carbocycles. The molecule has 1 aliphatic carbocycles. The number of rotatable bonds is 3. The van der Waals surface area contributed by atoms with Gasteiger partial charge in [0.25, 0.3) is 5.91 Å². The van der Waals surface area contributed by atoms with Crippen LogP contribution in [-0.4, -0.2) is 52.0 Å². The summed E-state index contributed by atoms with van der Waals surface area (Å²) in [5.74, 6) is -0.0926. The first-order valence-corrected chi connectivity index (χ1v) is 9.58. The number of carbonyl (C=O) groups is 2. The van der Waals surface area contributed by atoms with Gasteiger partial charge in [-0.3, -0.25) is 9.78 Å². The summed E-state index contributed by atoms with van der Waals surface area (Å²) in [5, 5.41) is 6.25. The third-order valence-corrected chi connectivity index (χ3v) is 5.71. The predicted molar refractivity (Wildman–Crippen MR) is 98.7 cm³/mol. The Morgan fingerprint density at radius 3 is 2.54 bits per heavy atom. The summed E-state index contributed by atoms with van der Waals surface area (Å²) in [6.45, 7) is 5.70. The van der Waals surface area contributed by atoms with Crippen molar-refractivity contribution in [3.63, 3.8) is 0 Å². The smallest absolute Gasteiger partial charge is 0.315 e. The molecule has 1 unspecified atom stereocenters. The Kier molecular flexibility index (Phi) is 5.74. The van der Waals surface area contributed by atoms with Gasteiger partial charge in [0.2, 0.25) is 0 Å². The first-order chi connectivity index (χ1) is 12.5. The molecule has 2 N–H and O–H groups in total. The fourth-order valence-electron chi connectivity index (χ4n) is 3.95. The first kappa shape index (κ1) is 18.6. The van der Waals surface area contributed by atoms with Crippen LogP contribution in [0, 0.1) is 5.41 Å². The standard InChI is InChI=1S/C19H29N5O2/c1-19(2)8-4-3-5-16(19)23-18(26)22-14-6-11-24(12-7-14)17(25)15-13-20-9-10-21-15/h9-10,13-14,16H,3-8,11-12H2,1-2H3,(H2,22,23,26). The number of urea groups is 1. The minimum absolute atomic E-state index is 0.0799. The van der Waals surface area contributed by atoms with E-state index in [0.717, 1.165) is 25.7 Å². The van der Waals surface area contributed by atoms with E-state index in [4.69, 9.17) is 0 Å². The van der Waals surface area contributed by atoms with E-state index in [1.54, 1.807) is 11.1 Å². The fraction of sp³-hybridized carbons (Fsp3) is 0.684. The molecular weight excluding hydrogens is 330 g/mol. The van der Waals surface area contributed by atoms with Crippen LogP contribution < -0.4 is 10.6 Å². The topological polar surface area (TPSA) is 87.2 Å². The highest BCUT2D eigenvalue weighted by Crippen LogP contribution is 2.35. The molecule has 2 aliphatic rings. The average molecular weight is 359 g/mol. The van der Waals surface area contributed by atoms with Crippen molar-refractivity contribution in [3.8, 4) is 0 Å². The highest BCUT2D eigenvalue weighted by atomic mass is 16.2. The number of likely N-dealkylation sites (tertiary alicyclic amines) is 1. The number of nitrogens with one attached hydrogen (secondary N) is 2. The minimum Gasteiger partial charge on any atom is -0.337 e. The van der Waals surface area contributed by atoms with Crippen LogP contribution in [0.2, 0.25) is 0 Å². The van der Waals surface area contributed by atoms with Crippen molar-refractivity contribution >= 4 is 11.9 Å². The molecule has 1 aromatic heterocycles. The molecule has 26 heavy (non-hydrogen) atoms. The number of aromatic nitrogens is 2. The maximum atomic E-state index is 12.4. The van der Waals surface area contributed by atoms with Crippen LogP contribution >= 0.6 is 0 Å². The number of nitrogens with zero attached hydrogens (tertiary/aromatic N) is 3. The summed E-state index contributed by atoms with van der Waals surface area (Å²) in [6.07, 6.45) is 10.7. The van der Waals surface area contributed by atoms with Gasteiger partial charge in [-0.15, -0.1) is 0 Å². The first-order valence-electron chi connectivity index (χ1n) is 9.58. The minimum atomic E-state index is -0.0926. The Bertz CT molecular complexity index is 626. The summed E-state index contributed by atoms with van der Waals surface area (Å²) in [5.41, 5.74) is 0.526. The van der Waals surface area contributed by atoms with Gasteiger partial charge in [0.05, 0.1) is 6.20 Å². The van der Waals surface area contributed by atoms with Gasteiger partial charge in [-0.25, -0.2) is 9.78 Å². The van der Waals surface area contributed by atoms with E-state index in [2.05, 4.69) is 34.4 Å². The number of amides is 3. The normalized spacial score (nSPS) is 23.3. The number of piperidine rings is 1. The molecule has 0 radical (unpaired) electrons. The van der Waals surface area contributed by atoms with E-state index in [9.17, 15) is 9.59 Å². The van der Waals surface area contributed by atoms with Crippen molar-refractivity contribution in [3.05, 3.63) is 24.3 Å². The Balaban J connectivity index is 1.45. The Morgan fingerprint density at radius 2 is 1.88 bits per heavy atom. The predicted octanol–water partition coefficient (Wildman–Crippen LogP) is 2.35. The maximum Gasteiger partial charge on any atom is 0.315 e. The monoisotopic (exact) mass is 359 g/mol. The van der Waals surface area contributed by atoms with Crippen LogP contribution in [0.25, 0.3) is 0 Å². The molecule has 1 atom stereocenters. The summed E-state index contributed by atoms with van der Waals surface area (Å²) in [4.78, 5) is 34.6. The van der Waals surface area contributed by atoms with Crippen molar-refractivity contribution in [1.29, 1.82) is 0 Å². The zero-order chi connectivity index (χ0) is 18.6. The quantitative estimate of drug-likeness (QED) is 0.867. The SMILES string of the molecule is CC1(C)CCCCC1NC(=O)NC1CCN(C(=O)c2cnccn2)CC1. The Morgan fingerprint density at radius 1 is 1.12 bits per heavy atom. The zero-order valence-corrected chi connectivity index (χ0v) is 15.7. The molecule has 1 aromatic rings. The summed E-state index contributed by atoms with van der Waals surface area (Å²) < 4.78 is 0. The molecule has 7 heteroatoms. The van der Waals surface area contributed by atoms with Gasteiger partial charge in [0, 0.05) is 37.6 Å². The van der Waals surface area contributed by atoms with E-state index >= 15 is 0 Å². The van der Waals surface area contributed by atoms with Crippen LogP contribution in [0.3, 0.4) is 0 Å². The third-order valence-electron chi connectivity index (χ3n) is 5.71. The van der Waals surface area contributed by atoms with Crippen LogP contribution in [-0.2, 0) is 0 Å². The van der Waals surface area contributed by atoms with Crippen molar-refractivity contribution in [2.75, 3.05) is 13.1 Å². The van der Waals surface area contributed by atoms with Gasteiger partial charge in [0.1, 0.15) is 5.69 Å². The van der Waals surface area contributed by atoms with Crippen molar-refractivity contribution in [2.45, 2.75) is 64.5 Å². The summed E-state index contributed by atoms with van der Waals surface area (Å²) >= 11 is 0. The molecule has 1 saturated heterocycles. The average Bonchev–Trinajstić information content (AvgIpc) is 2.64. The van der Waals surface area contributed by atoms with Crippen molar-refractivity contribution in [2.24, 2.45) is 5.41 Å². The lowest BCUT2D eigenvalue weighted by Gasteiger charge is -2.39. The van der Waals surface area contributed by atoms with Gasteiger partial charge in [-0.2, -0.15) is 0 Å². The molecule has 0 aromatic carbocycles. The molecule has 7 nitrogen and oxygen atoms in total. The lowest BCUT2D eigenvalue weighted by molar-refractivity contribution is 0.0701. The Labute approximate surface area is 155 Å². The second kappa shape index (κ2) is 8.01. The largest absolute Gasteiger partial charge is 0.337 e. The van der Waals surface area contributed by atoms with Crippen molar-refractivity contribution < 1.29 is 9.59 Å². The molecule has 0 bridgehead atoms. The number of hydrogen-bond acceptors (Lipinski definition) is 4. The van der Waals surface area contributed by atoms with Crippen LogP contribution in [0.5, 0.6) is 0 Å². The molecule has 2 fully saturated rings. The summed E-state index contributed by atoms with van der Waals surface area (Å²) in [7, 11) is 0. The molecule has 2 heterocycles. The number of carbonyl (C=O) groups excluding carboxylic acids is 2. The van der Waals surface area contributed by atoms with Gasteiger partial charge in [-0.1, -0.05) is 26.7 Å². The van der Waals surface area contributed by atoms with Gasteiger partial charge in [0.15, 0.2) is 0 Å². The maximum absolute atomic E-state index is 12.4. The molecule has 0 spiro atoms. The zero-order valence-electron chi connectivity index (χ0n) is 15.7.